The van der Waals surface area contributed by atoms with Gasteiger partial charge in [-0.1, -0.05) is 18.2 Å². The Hall–Kier alpha value is -2.99. The van der Waals surface area contributed by atoms with Crippen LogP contribution < -0.4 is 19.5 Å². The number of hydrogen-bond donors (Lipinski definition) is 1. The highest BCUT2D eigenvalue weighted by atomic mass is 32.1. The van der Waals surface area contributed by atoms with Crippen molar-refractivity contribution in [3.8, 4) is 17.2 Å². The molecular formula is C22H23NO4S. The number of carbonyl (C=O) groups excluding carboxylic acids is 1. The molecule has 0 aliphatic carbocycles. The first-order valence-corrected chi connectivity index (χ1v) is 9.71. The number of carbonyl (C=O) groups is 1. The van der Waals surface area contributed by atoms with Gasteiger partial charge in [0.25, 0.3) is 0 Å². The molecule has 2 aromatic carbocycles. The Morgan fingerprint density at radius 2 is 1.68 bits per heavy atom. The van der Waals surface area contributed by atoms with Crippen LogP contribution in [0.25, 0.3) is 0 Å². The van der Waals surface area contributed by atoms with Gasteiger partial charge in [0.05, 0.1) is 32.9 Å². The quantitative estimate of drug-likeness (QED) is 0.597. The molecule has 0 aliphatic heterocycles. The lowest BCUT2D eigenvalue weighted by Gasteiger charge is -2.18. The average molecular weight is 397 g/mol. The number of amides is 1. The van der Waals surface area contributed by atoms with Gasteiger partial charge in [-0.05, 0) is 47.7 Å². The number of ether oxygens (including phenoxy) is 3. The molecule has 1 amide bonds. The number of hydrogen-bond acceptors (Lipinski definition) is 5. The summed E-state index contributed by atoms with van der Waals surface area (Å²) in [5.41, 5.74) is 1.54. The number of benzene rings is 2. The highest BCUT2D eigenvalue weighted by Gasteiger charge is 2.23. The largest absolute Gasteiger partial charge is 0.497 e. The zero-order valence-electron chi connectivity index (χ0n) is 16.1. The van der Waals surface area contributed by atoms with Crippen LogP contribution in [0.2, 0.25) is 0 Å². The van der Waals surface area contributed by atoms with E-state index in [4.69, 9.17) is 14.2 Å². The van der Waals surface area contributed by atoms with Gasteiger partial charge >= 0.3 is 0 Å². The van der Waals surface area contributed by atoms with E-state index in [1.807, 2.05) is 41.8 Å². The summed E-state index contributed by atoms with van der Waals surface area (Å²) >= 11 is 1.64. The molecular weight excluding hydrogens is 374 g/mol. The lowest BCUT2D eigenvalue weighted by Crippen LogP contribution is -2.23. The molecule has 0 fully saturated rings. The minimum Gasteiger partial charge on any atom is -0.497 e. The summed E-state index contributed by atoms with van der Waals surface area (Å²) in [5.74, 6) is 1.55. The molecule has 0 bridgehead atoms. The van der Waals surface area contributed by atoms with Gasteiger partial charge < -0.3 is 19.5 Å². The van der Waals surface area contributed by atoms with E-state index in [0.717, 1.165) is 16.2 Å². The number of nitrogens with one attached hydrogen (secondary N) is 1. The molecule has 1 unspecified atom stereocenters. The fraction of sp³-hybridized carbons (Fsp3) is 0.227. The van der Waals surface area contributed by atoms with Crippen LogP contribution >= 0.6 is 11.3 Å². The molecule has 0 radical (unpaired) electrons. The van der Waals surface area contributed by atoms with Crippen LogP contribution in [-0.4, -0.2) is 27.2 Å². The van der Waals surface area contributed by atoms with Gasteiger partial charge in [0.1, 0.15) is 17.2 Å². The fourth-order valence-electron chi connectivity index (χ4n) is 2.95. The monoisotopic (exact) mass is 397 g/mol. The van der Waals surface area contributed by atoms with Crippen molar-refractivity contribution in [3.63, 3.8) is 0 Å². The second kappa shape index (κ2) is 9.28. The van der Waals surface area contributed by atoms with E-state index in [1.54, 1.807) is 50.9 Å². The van der Waals surface area contributed by atoms with Gasteiger partial charge in [-0.3, -0.25) is 4.79 Å². The summed E-state index contributed by atoms with van der Waals surface area (Å²) in [6.45, 7) is 0. The van der Waals surface area contributed by atoms with Gasteiger partial charge in [0.15, 0.2) is 0 Å². The smallest absolute Gasteiger partial charge is 0.232 e. The van der Waals surface area contributed by atoms with E-state index in [2.05, 4.69) is 5.32 Å². The molecule has 0 spiro atoms. The molecule has 1 N–H and O–H groups in total. The van der Waals surface area contributed by atoms with Crippen molar-refractivity contribution >= 4 is 22.9 Å². The van der Waals surface area contributed by atoms with Crippen LogP contribution in [0.3, 0.4) is 0 Å². The van der Waals surface area contributed by atoms with E-state index in [0.29, 0.717) is 23.6 Å². The SMILES string of the molecule is COc1ccc(C(Cc2cccs2)C(=O)Nc2ccc(OC)cc2OC)cc1. The molecule has 6 heteroatoms. The standard InChI is InChI=1S/C22H23NO4S/c1-25-16-8-6-15(7-9-16)19(14-18-5-4-12-28-18)22(24)23-20-11-10-17(26-2)13-21(20)27-3/h4-13,19H,14H2,1-3H3,(H,23,24). The number of thiophene rings is 1. The third-order valence-corrected chi connectivity index (χ3v) is 5.39. The summed E-state index contributed by atoms with van der Waals surface area (Å²) < 4.78 is 15.9. The Bertz CT molecular complexity index is 907. The Kier molecular flexibility index (Phi) is 6.55. The van der Waals surface area contributed by atoms with Crippen LogP contribution in [0.4, 0.5) is 5.69 Å². The van der Waals surface area contributed by atoms with Crippen LogP contribution in [-0.2, 0) is 11.2 Å². The van der Waals surface area contributed by atoms with Crippen molar-refractivity contribution < 1.29 is 19.0 Å². The molecule has 0 saturated carbocycles. The van der Waals surface area contributed by atoms with Crippen LogP contribution in [0.1, 0.15) is 16.4 Å². The molecule has 0 saturated heterocycles. The van der Waals surface area contributed by atoms with E-state index in [-0.39, 0.29) is 11.8 Å². The first kappa shape index (κ1) is 19.8. The van der Waals surface area contributed by atoms with E-state index >= 15 is 0 Å². The van der Waals surface area contributed by atoms with Gasteiger partial charge in [0.2, 0.25) is 5.91 Å². The molecule has 28 heavy (non-hydrogen) atoms. The lowest BCUT2D eigenvalue weighted by molar-refractivity contribution is -0.117. The molecule has 3 rings (SSSR count). The van der Waals surface area contributed by atoms with Gasteiger partial charge in [-0.15, -0.1) is 11.3 Å². The minimum absolute atomic E-state index is 0.0953. The van der Waals surface area contributed by atoms with Crippen LogP contribution in [0.15, 0.2) is 60.0 Å². The number of methoxy groups -OCH3 is 3. The van der Waals surface area contributed by atoms with E-state index in [1.165, 1.54) is 0 Å². The highest BCUT2D eigenvalue weighted by molar-refractivity contribution is 7.09. The molecule has 1 aromatic heterocycles. The van der Waals surface area contributed by atoms with Crippen molar-refractivity contribution in [1.29, 1.82) is 0 Å². The normalized spacial score (nSPS) is 11.5. The molecule has 3 aromatic rings. The van der Waals surface area contributed by atoms with Gasteiger partial charge in [-0.2, -0.15) is 0 Å². The number of rotatable bonds is 8. The zero-order valence-corrected chi connectivity index (χ0v) is 16.9. The van der Waals surface area contributed by atoms with E-state index in [9.17, 15) is 4.79 Å². The average Bonchev–Trinajstić information content (AvgIpc) is 3.25. The Morgan fingerprint density at radius 3 is 2.29 bits per heavy atom. The fourth-order valence-corrected chi connectivity index (χ4v) is 3.70. The third-order valence-electron chi connectivity index (χ3n) is 4.49. The molecule has 146 valence electrons. The minimum atomic E-state index is -0.337. The predicted octanol–water partition coefficient (Wildman–Crippen LogP) is 4.74. The first-order valence-electron chi connectivity index (χ1n) is 8.83. The summed E-state index contributed by atoms with van der Waals surface area (Å²) in [6, 6.07) is 17.0. The maximum atomic E-state index is 13.2. The van der Waals surface area contributed by atoms with E-state index < -0.39 is 0 Å². The second-order valence-electron chi connectivity index (χ2n) is 6.16. The predicted molar refractivity (Wildman–Crippen MR) is 112 cm³/mol. The molecule has 1 atom stereocenters. The zero-order chi connectivity index (χ0) is 19.9. The van der Waals surface area contributed by atoms with Crippen molar-refractivity contribution in [1.82, 2.24) is 0 Å². The summed E-state index contributed by atoms with van der Waals surface area (Å²) in [6.07, 6.45) is 0.619. The molecule has 0 aliphatic rings. The topological polar surface area (TPSA) is 56.8 Å². The van der Waals surface area contributed by atoms with Gasteiger partial charge in [-0.25, -0.2) is 0 Å². The third kappa shape index (κ3) is 4.64. The highest BCUT2D eigenvalue weighted by Crippen LogP contribution is 2.32. The number of anilines is 1. The second-order valence-corrected chi connectivity index (χ2v) is 7.20. The molecule has 5 nitrogen and oxygen atoms in total. The van der Waals surface area contributed by atoms with Crippen molar-refractivity contribution in [2.24, 2.45) is 0 Å². The van der Waals surface area contributed by atoms with Crippen molar-refractivity contribution in [2.45, 2.75) is 12.3 Å². The Balaban J connectivity index is 1.87. The summed E-state index contributed by atoms with van der Waals surface area (Å²) in [4.78, 5) is 14.3. The summed E-state index contributed by atoms with van der Waals surface area (Å²) in [7, 11) is 4.78. The molecule has 1 heterocycles. The van der Waals surface area contributed by atoms with Crippen molar-refractivity contribution in [2.75, 3.05) is 26.6 Å². The van der Waals surface area contributed by atoms with Crippen LogP contribution in [0, 0.1) is 0 Å². The Morgan fingerprint density at radius 1 is 0.964 bits per heavy atom. The van der Waals surface area contributed by atoms with Crippen molar-refractivity contribution in [3.05, 3.63) is 70.4 Å². The maximum absolute atomic E-state index is 13.2. The summed E-state index contributed by atoms with van der Waals surface area (Å²) in [5, 5.41) is 5.02. The lowest BCUT2D eigenvalue weighted by atomic mass is 9.93. The Labute approximate surface area is 168 Å². The maximum Gasteiger partial charge on any atom is 0.232 e. The van der Waals surface area contributed by atoms with Gasteiger partial charge in [0, 0.05) is 10.9 Å². The first-order chi connectivity index (χ1) is 13.6. The van der Waals surface area contributed by atoms with Crippen LogP contribution in [0.5, 0.6) is 17.2 Å².